The highest BCUT2D eigenvalue weighted by atomic mass is 32.1. The van der Waals surface area contributed by atoms with E-state index < -0.39 is 0 Å². The molecule has 3 N–H and O–H groups in total. The predicted octanol–water partition coefficient (Wildman–Crippen LogP) is 1.47. The second-order valence-corrected chi connectivity index (χ2v) is 4.63. The summed E-state index contributed by atoms with van der Waals surface area (Å²) in [5.41, 5.74) is 6.47. The van der Waals surface area contributed by atoms with E-state index in [9.17, 15) is 0 Å². The van der Waals surface area contributed by atoms with E-state index in [-0.39, 0.29) is 6.04 Å². The Labute approximate surface area is 109 Å². The average Bonchev–Trinajstić information content (AvgIpc) is 2.93. The first-order valence-electron chi connectivity index (χ1n) is 5.62. The molecular formula is C12H13N3O2S. The summed E-state index contributed by atoms with van der Waals surface area (Å²) in [6.07, 6.45) is 0. The molecule has 0 saturated carbocycles. The molecule has 1 aromatic heterocycles. The zero-order valence-corrected chi connectivity index (χ0v) is 10.4. The molecule has 0 amide bonds. The molecule has 2 aromatic rings. The lowest BCUT2D eigenvalue weighted by atomic mass is 10.0. The van der Waals surface area contributed by atoms with E-state index in [0.717, 1.165) is 22.8 Å². The third-order valence-corrected chi connectivity index (χ3v) is 3.42. The highest BCUT2D eigenvalue weighted by Crippen LogP contribution is 2.33. The number of nitrogens with two attached hydrogens (primary N) is 1. The first-order valence-corrected chi connectivity index (χ1v) is 6.56. The molecule has 6 heteroatoms. The van der Waals surface area contributed by atoms with E-state index in [1.54, 1.807) is 16.8 Å². The van der Waals surface area contributed by atoms with Gasteiger partial charge < -0.3 is 9.47 Å². The fourth-order valence-electron chi connectivity index (χ4n) is 1.96. The summed E-state index contributed by atoms with van der Waals surface area (Å²) < 4.78 is 11.1. The fourth-order valence-corrected chi connectivity index (χ4v) is 2.54. The van der Waals surface area contributed by atoms with Gasteiger partial charge in [-0.2, -0.15) is 0 Å². The molecule has 1 aliphatic rings. The fraction of sp³-hybridized carbons (Fsp3) is 0.250. The molecule has 0 aliphatic carbocycles. The molecular weight excluding hydrogens is 250 g/mol. The van der Waals surface area contributed by atoms with E-state index in [4.69, 9.17) is 15.3 Å². The van der Waals surface area contributed by atoms with Gasteiger partial charge >= 0.3 is 0 Å². The summed E-state index contributed by atoms with van der Waals surface area (Å²) in [6, 6.07) is 5.68. The zero-order valence-electron chi connectivity index (χ0n) is 9.63. The Morgan fingerprint density at radius 1 is 1.28 bits per heavy atom. The molecule has 0 fully saturated rings. The number of fused-ring (bicyclic) bond motifs is 1. The van der Waals surface area contributed by atoms with Crippen LogP contribution < -0.4 is 20.7 Å². The Balaban J connectivity index is 1.95. The predicted molar refractivity (Wildman–Crippen MR) is 68.7 cm³/mol. The number of hydrazine groups is 1. The van der Waals surface area contributed by atoms with Gasteiger partial charge in [-0.05, 0) is 17.7 Å². The molecule has 3 rings (SSSR count). The summed E-state index contributed by atoms with van der Waals surface area (Å²) >= 11 is 1.54. The number of hydrogen-bond acceptors (Lipinski definition) is 6. The van der Waals surface area contributed by atoms with Gasteiger partial charge in [0, 0.05) is 5.38 Å². The molecule has 1 aliphatic heterocycles. The average molecular weight is 263 g/mol. The Morgan fingerprint density at radius 2 is 2.11 bits per heavy atom. The Kier molecular flexibility index (Phi) is 3.14. The van der Waals surface area contributed by atoms with Gasteiger partial charge in [-0.25, -0.2) is 10.4 Å². The van der Waals surface area contributed by atoms with E-state index >= 15 is 0 Å². The molecule has 18 heavy (non-hydrogen) atoms. The van der Waals surface area contributed by atoms with Crippen molar-refractivity contribution >= 4 is 11.3 Å². The monoisotopic (exact) mass is 263 g/mol. The van der Waals surface area contributed by atoms with Crippen LogP contribution in [0.15, 0.2) is 29.1 Å². The van der Waals surface area contributed by atoms with Crippen LogP contribution >= 0.6 is 11.3 Å². The third kappa shape index (κ3) is 2.05. The topological polar surface area (TPSA) is 69.4 Å². The maximum absolute atomic E-state index is 5.61. The van der Waals surface area contributed by atoms with Crippen LogP contribution in [0.4, 0.5) is 0 Å². The second kappa shape index (κ2) is 4.93. The van der Waals surface area contributed by atoms with Crippen LogP contribution in [-0.4, -0.2) is 18.2 Å². The van der Waals surface area contributed by atoms with Crippen molar-refractivity contribution in [2.24, 2.45) is 5.84 Å². The van der Waals surface area contributed by atoms with Crippen LogP contribution in [0.25, 0.3) is 0 Å². The molecule has 0 saturated heterocycles. The number of thiazole rings is 1. The standard InChI is InChI=1S/C12H13N3O2S/c13-15-12(9-6-18-7-14-9)8-1-2-10-11(5-8)17-4-3-16-10/h1-2,5-7,12,15H,3-4,13H2. The van der Waals surface area contributed by atoms with Crippen molar-refractivity contribution in [1.82, 2.24) is 10.4 Å². The largest absolute Gasteiger partial charge is 0.486 e. The lowest BCUT2D eigenvalue weighted by Gasteiger charge is -2.21. The van der Waals surface area contributed by atoms with Gasteiger partial charge in [0.15, 0.2) is 11.5 Å². The molecule has 1 atom stereocenters. The first-order chi connectivity index (χ1) is 8.88. The minimum Gasteiger partial charge on any atom is -0.486 e. The lowest BCUT2D eigenvalue weighted by molar-refractivity contribution is 0.171. The molecule has 0 spiro atoms. The van der Waals surface area contributed by atoms with Gasteiger partial charge in [0.2, 0.25) is 0 Å². The summed E-state index contributed by atoms with van der Waals surface area (Å²) in [6.45, 7) is 1.17. The van der Waals surface area contributed by atoms with E-state index in [0.29, 0.717) is 13.2 Å². The first kappa shape index (κ1) is 11.5. The van der Waals surface area contributed by atoms with Crippen LogP contribution in [-0.2, 0) is 0 Å². The zero-order chi connectivity index (χ0) is 12.4. The van der Waals surface area contributed by atoms with Crippen molar-refractivity contribution in [3.63, 3.8) is 0 Å². The van der Waals surface area contributed by atoms with Crippen molar-refractivity contribution in [3.05, 3.63) is 40.3 Å². The quantitative estimate of drug-likeness (QED) is 0.648. The number of ether oxygens (including phenoxy) is 2. The summed E-state index contributed by atoms with van der Waals surface area (Å²) in [4.78, 5) is 4.28. The normalized spacial score (nSPS) is 15.4. The van der Waals surface area contributed by atoms with Crippen molar-refractivity contribution in [2.45, 2.75) is 6.04 Å². The van der Waals surface area contributed by atoms with Gasteiger partial charge in [0.05, 0.1) is 17.2 Å². The Morgan fingerprint density at radius 3 is 2.83 bits per heavy atom. The van der Waals surface area contributed by atoms with Crippen molar-refractivity contribution in [1.29, 1.82) is 0 Å². The highest BCUT2D eigenvalue weighted by Gasteiger charge is 2.18. The maximum Gasteiger partial charge on any atom is 0.161 e. The van der Waals surface area contributed by atoms with Gasteiger partial charge in [0.25, 0.3) is 0 Å². The SMILES string of the molecule is NNC(c1ccc2c(c1)OCCO2)c1cscn1. The van der Waals surface area contributed by atoms with E-state index in [1.807, 2.05) is 23.6 Å². The molecule has 0 bridgehead atoms. The molecule has 1 aromatic carbocycles. The van der Waals surface area contributed by atoms with Crippen molar-refractivity contribution in [3.8, 4) is 11.5 Å². The van der Waals surface area contributed by atoms with Gasteiger partial charge in [-0.15, -0.1) is 11.3 Å². The number of benzene rings is 1. The molecule has 0 radical (unpaired) electrons. The van der Waals surface area contributed by atoms with E-state index in [2.05, 4.69) is 10.4 Å². The maximum atomic E-state index is 5.61. The van der Waals surface area contributed by atoms with Crippen LogP contribution in [0.1, 0.15) is 17.3 Å². The third-order valence-electron chi connectivity index (χ3n) is 2.81. The Bertz CT molecular complexity index is 530. The summed E-state index contributed by atoms with van der Waals surface area (Å²) in [7, 11) is 0. The van der Waals surface area contributed by atoms with E-state index in [1.165, 1.54) is 0 Å². The molecule has 94 valence electrons. The smallest absolute Gasteiger partial charge is 0.161 e. The van der Waals surface area contributed by atoms with Crippen LogP contribution in [0.2, 0.25) is 0 Å². The van der Waals surface area contributed by atoms with Gasteiger partial charge in [-0.3, -0.25) is 5.84 Å². The van der Waals surface area contributed by atoms with Crippen molar-refractivity contribution in [2.75, 3.05) is 13.2 Å². The number of aromatic nitrogens is 1. The summed E-state index contributed by atoms with van der Waals surface area (Å²) in [5, 5.41) is 1.97. The minimum absolute atomic E-state index is 0.132. The van der Waals surface area contributed by atoms with Crippen LogP contribution in [0.5, 0.6) is 11.5 Å². The highest BCUT2D eigenvalue weighted by molar-refractivity contribution is 7.07. The van der Waals surface area contributed by atoms with Gasteiger partial charge in [0.1, 0.15) is 13.2 Å². The second-order valence-electron chi connectivity index (χ2n) is 3.92. The number of nitrogens with one attached hydrogen (secondary N) is 1. The summed E-state index contributed by atoms with van der Waals surface area (Å²) in [5.74, 6) is 7.15. The van der Waals surface area contributed by atoms with Crippen LogP contribution in [0, 0.1) is 0 Å². The molecule has 1 unspecified atom stereocenters. The molecule has 2 heterocycles. The number of nitrogens with zero attached hydrogens (tertiary/aromatic N) is 1. The molecule has 5 nitrogen and oxygen atoms in total. The van der Waals surface area contributed by atoms with Crippen LogP contribution in [0.3, 0.4) is 0 Å². The lowest BCUT2D eigenvalue weighted by Crippen LogP contribution is -2.29. The minimum atomic E-state index is -0.132. The number of hydrogen-bond donors (Lipinski definition) is 2. The Hall–Kier alpha value is -1.63. The van der Waals surface area contributed by atoms with Crippen molar-refractivity contribution < 1.29 is 9.47 Å². The number of rotatable bonds is 3. The van der Waals surface area contributed by atoms with Gasteiger partial charge in [-0.1, -0.05) is 6.07 Å².